The second-order valence-electron chi connectivity index (χ2n) is 8.83. The van der Waals surface area contributed by atoms with Crippen molar-refractivity contribution in [1.82, 2.24) is 9.80 Å². The first kappa shape index (κ1) is 25.1. The third-order valence-electron chi connectivity index (χ3n) is 5.38. The molecule has 1 fully saturated rings. The number of nitrogens with zero attached hydrogens (tertiary/aromatic N) is 2. The molecular weight excluding hydrogens is 403 g/mol. The molecule has 0 N–H and O–H groups in total. The van der Waals surface area contributed by atoms with E-state index in [4.69, 9.17) is 14.2 Å². The Labute approximate surface area is 184 Å². The summed E-state index contributed by atoms with van der Waals surface area (Å²) in [6, 6.07) is 6.12. The van der Waals surface area contributed by atoms with Crippen LogP contribution in [0.3, 0.4) is 0 Å². The van der Waals surface area contributed by atoms with Gasteiger partial charge in [0.05, 0.1) is 19.1 Å². The predicted molar refractivity (Wildman–Crippen MR) is 115 cm³/mol. The van der Waals surface area contributed by atoms with Crippen LogP contribution in [0.5, 0.6) is 0 Å². The molecule has 8 heteroatoms. The standard InChI is InChI=1S/C23H35FN2O5/c1-23(2,3)31-22(28)26-14-12-25(13-15-26)11-10-18(21(27)30-5)16-20(29-4)17-6-8-19(24)9-7-17/h6-9,18,20H,10-16H2,1-5H3. The molecule has 0 saturated carbocycles. The highest BCUT2D eigenvalue weighted by Crippen LogP contribution is 2.27. The van der Waals surface area contributed by atoms with Gasteiger partial charge in [-0.15, -0.1) is 0 Å². The van der Waals surface area contributed by atoms with Crippen LogP contribution in [0.25, 0.3) is 0 Å². The maximum Gasteiger partial charge on any atom is 0.410 e. The zero-order chi connectivity index (χ0) is 23.0. The van der Waals surface area contributed by atoms with Gasteiger partial charge in [0, 0.05) is 33.3 Å². The summed E-state index contributed by atoms with van der Waals surface area (Å²) in [6.07, 6.45) is 0.447. The van der Waals surface area contributed by atoms with E-state index in [0.717, 1.165) is 18.7 Å². The van der Waals surface area contributed by atoms with E-state index >= 15 is 0 Å². The van der Waals surface area contributed by atoms with Crippen molar-refractivity contribution in [1.29, 1.82) is 0 Å². The van der Waals surface area contributed by atoms with Crippen molar-refractivity contribution in [3.05, 3.63) is 35.6 Å². The SMILES string of the molecule is COC(=O)C(CCN1CCN(C(=O)OC(C)(C)C)CC1)CC(OC)c1ccc(F)cc1. The van der Waals surface area contributed by atoms with Crippen LogP contribution in [0.4, 0.5) is 9.18 Å². The van der Waals surface area contributed by atoms with E-state index < -0.39 is 5.60 Å². The molecule has 0 bridgehead atoms. The lowest BCUT2D eigenvalue weighted by atomic mass is 9.93. The van der Waals surface area contributed by atoms with Crippen molar-refractivity contribution < 1.29 is 28.2 Å². The van der Waals surface area contributed by atoms with Gasteiger partial charge in [-0.25, -0.2) is 9.18 Å². The number of benzene rings is 1. The average molecular weight is 439 g/mol. The largest absolute Gasteiger partial charge is 0.469 e. The number of piperazine rings is 1. The van der Waals surface area contributed by atoms with Crippen LogP contribution in [0.1, 0.15) is 45.3 Å². The highest BCUT2D eigenvalue weighted by atomic mass is 19.1. The molecule has 2 atom stereocenters. The Kier molecular flexibility index (Phi) is 9.25. The van der Waals surface area contributed by atoms with E-state index in [2.05, 4.69) is 4.90 Å². The molecule has 0 aliphatic carbocycles. The predicted octanol–water partition coefficient (Wildman–Crippen LogP) is 3.64. The lowest BCUT2D eigenvalue weighted by Crippen LogP contribution is -2.50. The monoisotopic (exact) mass is 438 g/mol. The molecule has 1 aromatic carbocycles. The first-order valence-electron chi connectivity index (χ1n) is 10.7. The summed E-state index contributed by atoms with van der Waals surface area (Å²) in [4.78, 5) is 28.5. The Morgan fingerprint density at radius 2 is 1.68 bits per heavy atom. The second-order valence-corrected chi connectivity index (χ2v) is 8.83. The zero-order valence-electron chi connectivity index (χ0n) is 19.2. The minimum absolute atomic E-state index is 0.281. The normalized spacial score (nSPS) is 17.2. The number of hydrogen-bond acceptors (Lipinski definition) is 6. The fraction of sp³-hybridized carbons (Fsp3) is 0.652. The smallest absolute Gasteiger partial charge is 0.410 e. The fourth-order valence-electron chi connectivity index (χ4n) is 3.62. The molecule has 1 aromatic rings. The molecule has 0 spiro atoms. The van der Waals surface area contributed by atoms with Crippen LogP contribution in [0, 0.1) is 11.7 Å². The Balaban J connectivity index is 1.89. The fourth-order valence-corrected chi connectivity index (χ4v) is 3.62. The van der Waals surface area contributed by atoms with Gasteiger partial charge in [-0.3, -0.25) is 9.69 Å². The second kappa shape index (κ2) is 11.4. The van der Waals surface area contributed by atoms with Gasteiger partial charge in [0.2, 0.25) is 0 Å². The summed E-state index contributed by atoms with van der Waals surface area (Å²) in [5, 5.41) is 0. The van der Waals surface area contributed by atoms with Crippen molar-refractivity contribution in [3.8, 4) is 0 Å². The molecule has 174 valence electrons. The number of carbonyl (C=O) groups excluding carboxylic acids is 2. The van der Waals surface area contributed by atoms with Crippen molar-refractivity contribution in [3.63, 3.8) is 0 Å². The first-order chi connectivity index (χ1) is 14.6. The van der Waals surface area contributed by atoms with E-state index in [1.807, 2.05) is 20.8 Å². The molecule has 1 heterocycles. The Morgan fingerprint density at radius 1 is 1.06 bits per heavy atom. The number of ether oxygens (including phenoxy) is 3. The number of rotatable bonds is 8. The third-order valence-corrected chi connectivity index (χ3v) is 5.38. The molecule has 0 radical (unpaired) electrons. The van der Waals surface area contributed by atoms with Crippen LogP contribution < -0.4 is 0 Å². The minimum atomic E-state index is -0.510. The summed E-state index contributed by atoms with van der Waals surface area (Å²) >= 11 is 0. The summed E-state index contributed by atoms with van der Waals surface area (Å²) in [7, 11) is 2.97. The summed E-state index contributed by atoms with van der Waals surface area (Å²) in [5.41, 5.74) is 0.313. The number of methoxy groups -OCH3 is 2. The molecule has 1 amide bonds. The van der Waals surface area contributed by atoms with E-state index in [9.17, 15) is 14.0 Å². The van der Waals surface area contributed by atoms with Crippen LogP contribution in [-0.4, -0.2) is 74.4 Å². The summed E-state index contributed by atoms with van der Waals surface area (Å²) in [5.74, 6) is -0.936. The number of carbonyl (C=O) groups is 2. The van der Waals surface area contributed by atoms with E-state index in [-0.39, 0.29) is 29.9 Å². The lowest BCUT2D eigenvalue weighted by Gasteiger charge is -2.36. The van der Waals surface area contributed by atoms with Crippen LogP contribution >= 0.6 is 0 Å². The van der Waals surface area contributed by atoms with Crippen LogP contribution in [0.15, 0.2) is 24.3 Å². The molecular formula is C23H35FN2O5. The zero-order valence-corrected chi connectivity index (χ0v) is 19.2. The van der Waals surface area contributed by atoms with Gasteiger partial charge in [0.15, 0.2) is 0 Å². The molecule has 1 aliphatic rings. The van der Waals surface area contributed by atoms with Gasteiger partial charge in [0.25, 0.3) is 0 Å². The molecule has 7 nitrogen and oxygen atoms in total. The Hall–Kier alpha value is -2.19. The topological polar surface area (TPSA) is 68.3 Å². The van der Waals surface area contributed by atoms with Crippen LogP contribution in [0.2, 0.25) is 0 Å². The maximum absolute atomic E-state index is 13.2. The third kappa shape index (κ3) is 8.10. The van der Waals surface area contributed by atoms with Gasteiger partial charge in [-0.2, -0.15) is 0 Å². The quantitative estimate of drug-likeness (QED) is 0.578. The number of amides is 1. The van der Waals surface area contributed by atoms with E-state index in [1.165, 1.54) is 19.2 Å². The Bertz CT molecular complexity index is 712. The molecule has 2 unspecified atom stereocenters. The van der Waals surface area contributed by atoms with E-state index in [1.54, 1.807) is 24.1 Å². The van der Waals surface area contributed by atoms with Crippen molar-refractivity contribution in [2.75, 3.05) is 46.9 Å². The minimum Gasteiger partial charge on any atom is -0.469 e. The van der Waals surface area contributed by atoms with E-state index in [0.29, 0.717) is 32.5 Å². The van der Waals surface area contributed by atoms with Gasteiger partial charge < -0.3 is 19.1 Å². The first-order valence-corrected chi connectivity index (χ1v) is 10.7. The van der Waals surface area contributed by atoms with Crippen molar-refractivity contribution >= 4 is 12.1 Å². The van der Waals surface area contributed by atoms with Crippen molar-refractivity contribution in [2.45, 2.75) is 45.3 Å². The molecule has 0 aromatic heterocycles. The Morgan fingerprint density at radius 3 is 2.19 bits per heavy atom. The average Bonchev–Trinajstić information content (AvgIpc) is 2.73. The van der Waals surface area contributed by atoms with Gasteiger partial charge in [-0.05, 0) is 57.9 Å². The highest BCUT2D eigenvalue weighted by molar-refractivity contribution is 5.72. The summed E-state index contributed by atoms with van der Waals surface area (Å²) in [6.45, 7) is 8.90. The molecule has 31 heavy (non-hydrogen) atoms. The molecule has 1 aliphatic heterocycles. The number of esters is 1. The molecule has 2 rings (SSSR count). The molecule has 1 saturated heterocycles. The van der Waals surface area contributed by atoms with Crippen molar-refractivity contribution in [2.24, 2.45) is 5.92 Å². The van der Waals surface area contributed by atoms with Gasteiger partial charge >= 0.3 is 12.1 Å². The van der Waals surface area contributed by atoms with Gasteiger partial charge in [-0.1, -0.05) is 12.1 Å². The van der Waals surface area contributed by atoms with Crippen LogP contribution in [-0.2, 0) is 19.0 Å². The summed E-state index contributed by atoms with van der Waals surface area (Å²) < 4.78 is 29.2. The highest BCUT2D eigenvalue weighted by Gasteiger charge is 2.28. The number of hydrogen-bond donors (Lipinski definition) is 0. The maximum atomic E-state index is 13.2. The number of halogens is 1. The van der Waals surface area contributed by atoms with Gasteiger partial charge in [0.1, 0.15) is 11.4 Å². The lowest BCUT2D eigenvalue weighted by molar-refractivity contribution is -0.147.